The lowest BCUT2D eigenvalue weighted by Gasteiger charge is -2.24. The smallest absolute Gasteiger partial charge is 0.306 e. The van der Waals surface area contributed by atoms with Gasteiger partial charge in [-0.2, -0.15) is 0 Å². The highest BCUT2D eigenvalue weighted by Gasteiger charge is 2.24. The summed E-state index contributed by atoms with van der Waals surface area (Å²) in [6.07, 6.45) is 51.6. The van der Waals surface area contributed by atoms with Crippen LogP contribution in [0.25, 0.3) is 0 Å². The Bertz CT molecular complexity index is 852. The fourth-order valence-electron chi connectivity index (χ4n) is 8.61. The third kappa shape index (κ3) is 43.3. The van der Waals surface area contributed by atoms with Crippen LogP contribution in [0.2, 0.25) is 0 Å². The van der Waals surface area contributed by atoms with Crippen molar-refractivity contribution in [1.29, 1.82) is 0 Å². The van der Waals surface area contributed by atoms with Gasteiger partial charge in [0.1, 0.15) is 6.10 Å². The molecule has 0 aromatic heterocycles. The van der Waals surface area contributed by atoms with Gasteiger partial charge in [-0.05, 0) is 25.7 Å². The molecule has 0 bridgehead atoms. The Hall–Kier alpha value is -1.14. The number of hydrogen-bond donors (Lipinski definition) is 3. The molecule has 3 N–H and O–H groups in total. The fraction of sp³-hybridized carbons (Fsp3) is 0.962. The maximum Gasteiger partial charge on any atom is 0.306 e. The first-order chi connectivity index (χ1) is 29.0. The standard InChI is InChI=1S/C53H105NO5/c1-4-7-10-13-16-19-22-24-25-26-27-28-31-33-36-39-42-45-51(56)50(48-55)54-52(57)47-49(44-41-38-35-32-30-23-20-17-14-11-8-5-2)59-53(58)46-43-40-37-34-29-21-18-15-12-9-6-3/h49-51,55-56H,4-48H2,1-3H3,(H,54,57). The number of aliphatic hydroxyl groups excluding tert-OH is 2. The van der Waals surface area contributed by atoms with Crippen molar-refractivity contribution in [3.63, 3.8) is 0 Å². The molecule has 0 spiro atoms. The second-order valence-electron chi connectivity index (χ2n) is 18.6. The molecule has 0 aliphatic rings. The zero-order valence-corrected chi connectivity index (χ0v) is 40.2. The van der Waals surface area contributed by atoms with E-state index in [-0.39, 0.29) is 24.9 Å². The van der Waals surface area contributed by atoms with E-state index in [4.69, 9.17) is 4.74 Å². The van der Waals surface area contributed by atoms with Gasteiger partial charge in [0.05, 0.1) is 25.2 Å². The molecule has 1 amide bonds. The van der Waals surface area contributed by atoms with E-state index in [0.29, 0.717) is 19.3 Å². The number of hydrogen-bond acceptors (Lipinski definition) is 5. The van der Waals surface area contributed by atoms with Gasteiger partial charge in [0.2, 0.25) is 5.91 Å². The Labute approximate surface area is 368 Å². The highest BCUT2D eigenvalue weighted by Crippen LogP contribution is 2.19. The van der Waals surface area contributed by atoms with Gasteiger partial charge in [-0.1, -0.05) is 265 Å². The van der Waals surface area contributed by atoms with Crippen molar-refractivity contribution in [2.75, 3.05) is 6.61 Å². The summed E-state index contributed by atoms with van der Waals surface area (Å²) in [6.45, 7) is 6.51. The Balaban J connectivity index is 4.42. The number of esters is 1. The summed E-state index contributed by atoms with van der Waals surface area (Å²) < 4.78 is 5.93. The fourth-order valence-corrected chi connectivity index (χ4v) is 8.61. The van der Waals surface area contributed by atoms with Crippen molar-refractivity contribution >= 4 is 11.9 Å². The lowest BCUT2D eigenvalue weighted by molar-refractivity contribution is -0.151. The molecule has 0 saturated heterocycles. The first kappa shape index (κ1) is 57.9. The molecule has 0 aliphatic heterocycles. The van der Waals surface area contributed by atoms with E-state index in [1.54, 1.807) is 0 Å². The van der Waals surface area contributed by atoms with Gasteiger partial charge in [0.15, 0.2) is 0 Å². The number of carbonyl (C=O) groups is 2. The van der Waals surface area contributed by atoms with Gasteiger partial charge in [0.25, 0.3) is 0 Å². The first-order valence-corrected chi connectivity index (χ1v) is 26.8. The minimum absolute atomic E-state index is 0.0877. The van der Waals surface area contributed by atoms with Crippen LogP contribution >= 0.6 is 0 Å². The quantitative estimate of drug-likeness (QED) is 0.0419. The number of nitrogens with one attached hydrogen (secondary N) is 1. The third-order valence-electron chi connectivity index (χ3n) is 12.7. The Morgan fingerprint density at radius 1 is 0.424 bits per heavy atom. The molecule has 0 aromatic rings. The van der Waals surface area contributed by atoms with Crippen LogP contribution in [0.5, 0.6) is 0 Å². The molecular formula is C53H105NO5. The Kier molecular flexibility index (Phi) is 47.0. The second-order valence-corrected chi connectivity index (χ2v) is 18.6. The van der Waals surface area contributed by atoms with Gasteiger partial charge in [-0.15, -0.1) is 0 Å². The molecule has 0 saturated carbocycles. The molecule has 0 radical (unpaired) electrons. The van der Waals surface area contributed by atoms with E-state index in [1.807, 2.05) is 0 Å². The number of amides is 1. The van der Waals surface area contributed by atoms with Gasteiger partial charge in [0, 0.05) is 6.42 Å². The van der Waals surface area contributed by atoms with Crippen molar-refractivity contribution in [3.05, 3.63) is 0 Å². The molecule has 0 heterocycles. The average Bonchev–Trinajstić information content (AvgIpc) is 3.23. The summed E-state index contributed by atoms with van der Waals surface area (Å²) >= 11 is 0. The second kappa shape index (κ2) is 47.9. The average molecular weight is 836 g/mol. The van der Waals surface area contributed by atoms with Gasteiger partial charge >= 0.3 is 5.97 Å². The number of ether oxygens (including phenoxy) is 1. The van der Waals surface area contributed by atoms with Crippen LogP contribution in [0.15, 0.2) is 0 Å². The van der Waals surface area contributed by atoms with E-state index in [1.165, 1.54) is 212 Å². The maximum absolute atomic E-state index is 13.2. The topological polar surface area (TPSA) is 95.9 Å². The van der Waals surface area contributed by atoms with E-state index >= 15 is 0 Å². The minimum Gasteiger partial charge on any atom is -0.462 e. The van der Waals surface area contributed by atoms with Crippen molar-refractivity contribution in [2.45, 2.75) is 322 Å². The predicted molar refractivity (Wildman–Crippen MR) is 255 cm³/mol. The van der Waals surface area contributed by atoms with Gasteiger partial charge in [-0.3, -0.25) is 9.59 Å². The van der Waals surface area contributed by atoms with Crippen molar-refractivity contribution in [1.82, 2.24) is 5.32 Å². The van der Waals surface area contributed by atoms with Crippen molar-refractivity contribution in [3.8, 4) is 0 Å². The van der Waals surface area contributed by atoms with Crippen molar-refractivity contribution < 1.29 is 24.5 Å². The largest absolute Gasteiger partial charge is 0.462 e. The zero-order valence-electron chi connectivity index (χ0n) is 40.2. The van der Waals surface area contributed by atoms with Crippen LogP contribution in [0.1, 0.15) is 303 Å². The summed E-state index contributed by atoms with van der Waals surface area (Å²) in [5.74, 6) is -0.452. The van der Waals surface area contributed by atoms with Crippen LogP contribution < -0.4 is 5.32 Å². The molecule has 0 aliphatic carbocycles. The monoisotopic (exact) mass is 836 g/mol. The van der Waals surface area contributed by atoms with E-state index in [9.17, 15) is 19.8 Å². The highest BCUT2D eigenvalue weighted by molar-refractivity contribution is 5.77. The molecule has 3 atom stereocenters. The van der Waals surface area contributed by atoms with E-state index < -0.39 is 18.2 Å². The van der Waals surface area contributed by atoms with Crippen LogP contribution in [0.4, 0.5) is 0 Å². The molecule has 59 heavy (non-hydrogen) atoms. The van der Waals surface area contributed by atoms with Crippen LogP contribution in [0.3, 0.4) is 0 Å². The number of unbranched alkanes of at least 4 members (excludes halogenated alkanes) is 37. The lowest BCUT2D eigenvalue weighted by Crippen LogP contribution is -2.46. The number of rotatable bonds is 49. The molecule has 0 rings (SSSR count). The summed E-state index contributed by atoms with van der Waals surface area (Å²) in [7, 11) is 0. The number of aliphatic hydroxyl groups is 2. The molecule has 6 heteroatoms. The first-order valence-electron chi connectivity index (χ1n) is 26.8. The Morgan fingerprint density at radius 2 is 0.712 bits per heavy atom. The predicted octanol–water partition coefficient (Wildman–Crippen LogP) is 16.0. The lowest BCUT2D eigenvalue weighted by atomic mass is 10.0. The Morgan fingerprint density at radius 3 is 1.03 bits per heavy atom. The van der Waals surface area contributed by atoms with Crippen LogP contribution in [0, 0.1) is 0 Å². The molecule has 0 fully saturated rings. The molecular weight excluding hydrogens is 731 g/mol. The third-order valence-corrected chi connectivity index (χ3v) is 12.7. The maximum atomic E-state index is 13.2. The summed E-state index contributed by atoms with van der Waals surface area (Å²) in [4.78, 5) is 26.1. The van der Waals surface area contributed by atoms with E-state index in [0.717, 1.165) is 44.9 Å². The van der Waals surface area contributed by atoms with Gasteiger partial charge in [-0.25, -0.2) is 0 Å². The summed E-state index contributed by atoms with van der Waals surface area (Å²) in [5.41, 5.74) is 0. The van der Waals surface area contributed by atoms with E-state index in [2.05, 4.69) is 26.1 Å². The molecule has 0 aromatic carbocycles. The van der Waals surface area contributed by atoms with Crippen molar-refractivity contribution in [2.24, 2.45) is 0 Å². The highest BCUT2D eigenvalue weighted by atomic mass is 16.5. The SMILES string of the molecule is CCCCCCCCCCCCCCCCCCCC(O)C(CO)NC(=O)CC(CCCCCCCCCCCCCC)OC(=O)CCCCCCCCCCCCC. The summed E-state index contributed by atoms with van der Waals surface area (Å²) in [6, 6.07) is -0.692. The zero-order chi connectivity index (χ0) is 43.1. The normalized spacial score (nSPS) is 13.1. The minimum atomic E-state index is -0.779. The van der Waals surface area contributed by atoms with Crippen LogP contribution in [-0.4, -0.2) is 46.9 Å². The summed E-state index contributed by atoms with van der Waals surface area (Å²) in [5, 5.41) is 23.8. The van der Waals surface area contributed by atoms with Gasteiger partial charge < -0.3 is 20.3 Å². The molecule has 6 nitrogen and oxygen atoms in total. The molecule has 352 valence electrons. The number of carbonyl (C=O) groups excluding carboxylic acids is 2. The molecule has 3 unspecified atom stereocenters. The van der Waals surface area contributed by atoms with Crippen LogP contribution in [-0.2, 0) is 14.3 Å².